The minimum absolute atomic E-state index is 0.986. The fraction of sp³-hybridized carbons (Fsp3) is 0. The van der Waals surface area contributed by atoms with Gasteiger partial charge in [-0.15, -0.1) is 0 Å². The first-order chi connectivity index (χ1) is 6.33. The zero-order valence-electron chi connectivity index (χ0n) is 7.28. The van der Waals surface area contributed by atoms with Crippen LogP contribution in [0.5, 0.6) is 0 Å². The van der Waals surface area contributed by atoms with Gasteiger partial charge in [0, 0.05) is 4.48 Å². The minimum Gasteiger partial charge on any atom is -0.0979 e. The molecule has 0 aliphatic rings. The molecule has 0 bridgehead atoms. The fourth-order valence-corrected chi connectivity index (χ4v) is 1.04. The van der Waals surface area contributed by atoms with Crippen molar-refractivity contribution in [2.24, 2.45) is 0 Å². The number of allylic oxidation sites excluding steroid dienone is 4. The molecule has 0 unspecified atom stereocenters. The van der Waals surface area contributed by atoms with Crippen molar-refractivity contribution >= 4 is 22.0 Å². The van der Waals surface area contributed by atoms with Crippen LogP contribution in [-0.2, 0) is 0 Å². The molecule has 0 nitrogen and oxygen atoms in total. The Hall–Kier alpha value is -1.08. The summed E-state index contributed by atoms with van der Waals surface area (Å²) < 4.78 is 0.986. The summed E-state index contributed by atoms with van der Waals surface area (Å²) >= 11 is 3.34. The van der Waals surface area contributed by atoms with Gasteiger partial charge < -0.3 is 0 Å². The maximum atomic E-state index is 3.64. The van der Waals surface area contributed by atoms with Gasteiger partial charge in [0.05, 0.1) is 0 Å². The molecule has 0 fully saturated rings. The lowest BCUT2D eigenvalue weighted by atomic mass is 10.2. The molecule has 0 heterocycles. The van der Waals surface area contributed by atoms with Gasteiger partial charge in [-0.05, 0) is 11.6 Å². The molecule has 66 valence electrons. The number of rotatable bonds is 3. The van der Waals surface area contributed by atoms with Crippen molar-refractivity contribution in [3.63, 3.8) is 0 Å². The molecule has 0 aliphatic carbocycles. The lowest BCUT2D eigenvalue weighted by Crippen LogP contribution is -1.67. The molecule has 0 N–H and O–H groups in total. The highest BCUT2D eigenvalue weighted by atomic mass is 79.9. The van der Waals surface area contributed by atoms with Crippen molar-refractivity contribution in [2.75, 3.05) is 0 Å². The van der Waals surface area contributed by atoms with Crippen LogP contribution in [0.25, 0.3) is 6.08 Å². The van der Waals surface area contributed by atoms with Gasteiger partial charge in [0.1, 0.15) is 0 Å². The van der Waals surface area contributed by atoms with Gasteiger partial charge >= 0.3 is 0 Å². The molecular weight excluding hydrogens is 224 g/mol. The van der Waals surface area contributed by atoms with Crippen molar-refractivity contribution in [1.82, 2.24) is 0 Å². The van der Waals surface area contributed by atoms with E-state index >= 15 is 0 Å². The van der Waals surface area contributed by atoms with Crippen LogP contribution in [0.3, 0.4) is 0 Å². The van der Waals surface area contributed by atoms with E-state index in [4.69, 9.17) is 0 Å². The minimum atomic E-state index is 0.986. The fourth-order valence-electron chi connectivity index (χ4n) is 0.883. The third-order valence-electron chi connectivity index (χ3n) is 1.54. The third kappa shape index (κ3) is 3.90. The van der Waals surface area contributed by atoms with Gasteiger partial charge in [-0.2, -0.15) is 0 Å². The van der Waals surface area contributed by atoms with E-state index in [0.29, 0.717) is 0 Å². The van der Waals surface area contributed by atoms with E-state index in [1.807, 2.05) is 36.4 Å². The molecule has 0 amide bonds. The van der Waals surface area contributed by atoms with Gasteiger partial charge in [-0.3, -0.25) is 0 Å². The average molecular weight is 235 g/mol. The van der Waals surface area contributed by atoms with Crippen molar-refractivity contribution in [1.29, 1.82) is 0 Å². The molecule has 0 spiro atoms. The van der Waals surface area contributed by atoms with E-state index in [0.717, 1.165) is 4.48 Å². The summed E-state index contributed by atoms with van der Waals surface area (Å²) in [6.07, 6.45) is 7.75. The van der Waals surface area contributed by atoms with Crippen LogP contribution in [0.15, 0.2) is 59.6 Å². The number of hydrogen-bond acceptors (Lipinski definition) is 0. The zero-order valence-corrected chi connectivity index (χ0v) is 8.87. The SMILES string of the molecule is C=C/C(Br)=C/C=C/c1ccccc1. The zero-order chi connectivity index (χ0) is 9.52. The average Bonchev–Trinajstić information content (AvgIpc) is 2.19. The summed E-state index contributed by atoms with van der Waals surface area (Å²) in [4.78, 5) is 0. The number of hydrogen-bond donors (Lipinski definition) is 0. The molecule has 0 saturated carbocycles. The highest BCUT2D eigenvalue weighted by Crippen LogP contribution is 2.06. The number of benzene rings is 1. The molecule has 13 heavy (non-hydrogen) atoms. The topological polar surface area (TPSA) is 0 Å². The molecule has 0 radical (unpaired) electrons. The monoisotopic (exact) mass is 234 g/mol. The van der Waals surface area contributed by atoms with Crippen LogP contribution in [0.4, 0.5) is 0 Å². The molecule has 0 saturated heterocycles. The van der Waals surface area contributed by atoms with E-state index in [9.17, 15) is 0 Å². The van der Waals surface area contributed by atoms with Crippen LogP contribution >= 0.6 is 15.9 Å². The molecule has 1 rings (SSSR count). The second-order valence-corrected chi connectivity index (χ2v) is 3.44. The molecule has 0 aromatic heterocycles. The van der Waals surface area contributed by atoms with Crippen LogP contribution < -0.4 is 0 Å². The summed E-state index contributed by atoms with van der Waals surface area (Å²) in [5.41, 5.74) is 1.20. The Balaban J connectivity index is 2.65. The van der Waals surface area contributed by atoms with Crippen molar-refractivity contribution < 1.29 is 0 Å². The normalized spacial score (nSPS) is 11.9. The second-order valence-electron chi connectivity index (χ2n) is 2.53. The van der Waals surface area contributed by atoms with Crippen LogP contribution in [0, 0.1) is 0 Å². The summed E-state index contributed by atoms with van der Waals surface area (Å²) in [6.45, 7) is 3.64. The van der Waals surface area contributed by atoms with Gasteiger partial charge in [0.25, 0.3) is 0 Å². The lowest BCUT2D eigenvalue weighted by molar-refractivity contribution is 1.66. The third-order valence-corrected chi connectivity index (χ3v) is 2.13. The Morgan fingerprint density at radius 2 is 1.92 bits per heavy atom. The Labute approximate surface area is 87.4 Å². The number of halogens is 1. The molecule has 1 aromatic rings. The van der Waals surface area contributed by atoms with E-state index in [-0.39, 0.29) is 0 Å². The molecule has 1 aromatic carbocycles. The van der Waals surface area contributed by atoms with Gasteiger partial charge in [0.15, 0.2) is 0 Å². The van der Waals surface area contributed by atoms with Gasteiger partial charge in [-0.25, -0.2) is 0 Å². The molecule has 0 aliphatic heterocycles. The maximum Gasteiger partial charge on any atom is 0.0169 e. The quantitative estimate of drug-likeness (QED) is 0.690. The summed E-state index contributed by atoms with van der Waals surface area (Å²) in [7, 11) is 0. The maximum absolute atomic E-state index is 3.64. The summed E-state index contributed by atoms with van der Waals surface area (Å²) in [5.74, 6) is 0. The lowest BCUT2D eigenvalue weighted by Gasteiger charge is -1.88. The molecule has 1 heteroatoms. The van der Waals surface area contributed by atoms with Gasteiger partial charge in [-0.1, -0.05) is 71.1 Å². The first-order valence-corrected chi connectivity index (χ1v) is 4.83. The van der Waals surface area contributed by atoms with E-state index in [2.05, 4.69) is 34.6 Å². The van der Waals surface area contributed by atoms with E-state index in [1.165, 1.54) is 5.56 Å². The van der Waals surface area contributed by atoms with Crippen LogP contribution in [-0.4, -0.2) is 0 Å². The largest absolute Gasteiger partial charge is 0.0979 e. The second kappa shape index (κ2) is 5.55. The van der Waals surface area contributed by atoms with Crippen molar-refractivity contribution in [3.8, 4) is 0 Å². The highest BCUT2D eigenvalue weighted by molar-refractivity contribution is 9.11. The van der Waals surface area contributed by atoms with Gasteiger partial charge in [0.2, 0.25) is 0 Å². The Kier molecular flexibility index (Phi) is 4.27. The predicted octanol–water partition coefficient (Wildman–Crippen LogP) is 4.16. The summed E-state index contributed by atoms with van der Waals surface area (Å²) in [5, 5.41) is 0. The van der Waals surface area contributed by atoms with E-state index < -0.39 is 0 Å². The van der Waals surface area contributed by atoms with E-state index in [1.54, 1.807) is 6.08 Å². The Bertz CT molecular complexity index is 320. The Morgan fingerprint density at radius 1 is 1.23 bits per heavy atom. The smallest absolute Gasteiger partial charge is 0.0169 e. The van der Waals surface area contributed by atoms with Crippen molar-refractivity contribution in [3.05, 3.63) is 65.2 Å². The van der Waals surface area contributed by atoms with Crippen molar-refractivity contribution in [2.45, 2.75) is 0 Å². The Morgan fingerprint density at radius 3 is 2.54 bits per heavy atom. The van der Waals surface area contributed by atoms with Crippen LogP contribution in [0.1, 0.15) is 5.56 Å². The standard InChI is InChI=1S/C12H11Br/c1-2-12(13)10-6-9-11-7-4-3-5-8-11/h2-10H,1H2/b9-6+,12-10-. The highest BCUT2D eigenvalue weighted by Gasteiger charge is 1.81. The first kappa shape index (κ1) is 10.0. The molecule has 0 atom stereocenters. The predicted molar refractivity (Wildman–Crippen MR) is 62.7 cm³/mol. The summed E-state index contributed by atoms with van der Waals surface area (Å²) in [6, 6.07) is 10.2. The molecular formula is C12H11Br. The first-order valence-electron chi connectivity index (χ1n) is 4.04. The van der Waals surface area contributed by atoms with Crippen LogP contribution in [0.2, 0.25) is 0 Å².